The molecule has 1 N–H and O–H groups in total. The summed E-state index contributed by atoms with van der Waals surface area (Å²) >= 11 is 0. The monoisotopic (exact) mass is 304 g/mol. The molecule has 1 aromatic carbocycles. The lowest BCUT2D eigenvalue weighted by Gasteiger charge is -2.24. The van der Waals surface area contributed by atoms with Gasteiger partial charge in [-0.15, -0.1) is 0 Å². The first-order valence-corrected chi connectivity index (χ1v) is 8.07. The molecule has 1 aliphatic heterocycles. The summed E-state index contributed by atoms with van der Waals surface area (Å²) in [6.45, 7) is 3.12. The number of hydrogen-bond donors (Lipinski definition) is 1. The summed E-state index contributed by atoms with van der Waals surface area (Å²) in [5, 5.41) is 3.21. The summed E-state index contributed by atoms with van der Waals surface area (Å²) in [6, 6.07) is 2.62. The molecule has 0 spiro atoms. The number of likely N-dealkylation sites (N-methyl/N-ethyl adjacent to an activating group) is 1. The molecule has 1 saturated heterocycles. The van der Waals surface area contributed by atoms with Crippen LogP contribution in [0.15, 0.2) is 23.1 Å². The molecule has 4 nitrogen and oxygen atoms in total. The Labute approximate surface area is 117 Å². The largest absolute Gasteiger partial charge is 0.313 e. The lowest BCUT2D eigenvalue weighted by Crippen LogP contribution is -2.41. The van der Waals surface area contributed by atoms with E-state index >= 15 is 0 Å². The zero-order chi connectivity index (χ0) is 14.8. The van der Waals surface area contributed by atoms with Crippen molar-refractivity contribution in [1.82, 2.24) is 9.62 Å². The fraction of sp³-hybridized carbons (Fsp3) is 0.538. The predicted octanol–water partition coefficient (Wildman–Crippen LogP) is 1.73. The Morgan fingerprint density at radius 3 is 2.70 bits per heavy atom. The molecule has 1 unspecified atom stereocenters. The van der Waals surface area contributed by atoms with E-state index in [1.807, 2.05) is 0 Å². The molecule has 0 bridgehead atoms. The highest BCUT2D eigenvalue weighted by Crippen LogP contribution is 2.21. The lowest BCUT2D eigenvalue weighted by molar-refractivity contribution is 0.380. The van der Waals surface area contributed by atoms with Crippen LogP contribution < -0.4 is 5.32 Å². The van der Waals surface area contributed by atoms with Gasteiger partial charge in [0.2, 0.25) is 10.0 Å². The molecule has 0 amide bonds. The first-order valence-electron chi connectivity index (χ1n) is 6.63. The van der Waals surface area contributed by atoms with Gasteiger partial charge in [-0.3, -0.25) is 0 Å². The van der Waals surface area contributed by atoms with E-state index in [4.69, 9.17) is 0 Å². The molecular weight excluding hydrogens is 286 g/mol. The van der Waals surface area contributed by atoms with E-state index in [0.717, 1.165) is 31.5 Å². The van der Waals surface area contributed by atoms with E-state index in [1.165, 1.54) is 4.31 Å². The highest BCUT2D eigenvalue weighted by atomic mass is 32.2. The molecule has 1 atom stereocenters. The van der Waals surface area contributed by atoms with Crippen LogP contribution in [-0.2, 0) is 10.0 Å². The maximum absolute atomic E-state index is 13.7. The molecule has 1 aliphatic rings. The van der Waals surface area contributed by atoms with Gasteiger partial charge in [-0.25, -0.2) is 17.2 Å². The molecule has 7 heteroatoms. The lowest BCUT2D eigenvalue weighted by atomic mass is 10.2. The summed E-state index contributed by atoms with van der Waals surface area (Å²) in [5.41, 5.74) is 0. The number of sulfonamides is 1. The van der Waals surface area contributed by atoms with Gasteiger partial charge < -0.3 is 5.32 Å². The fourth-order valence-corrected chi connectivity index (χ4v) is 3.92. The summed E-state index contributed by atoms with van der Waals surface area (Å²) < 4.78 is 52.6. The van der Waals surface area contributed by atoms with Crippen LogP contribution >= 0.6 is 0 Å². The van der Waals surface area contributed by atoms with Crippen molar-refractivity contribution in [2.45, 2.75) is 30.7 Å². The second kappa shape index (κ2) is 6.15. The zero-order valence-corrected chi connectivity index (χ0v) is 12.1. The first-order chi connectivity index (χ1) is 9.45. The average molecular weight is 304 g/mol. The van der Waals surface area contributed by atoms with Crippen molar-refractivity contribution in [3.8, 4) is 0 Å². The summed E-state index contributed by atoms with van der Waals surface area (Å²) in [5.74, 6) is -1.84. The van der Waals surface area contributed by atoms with Gasteiger partial charge in [-0.05, 0) is 31.5 Å². The van der Waals surface area contributed by atoms with Crippen molar-refractivity contribution >= 4 is 10.0 Å². The van der Waals surface area contributed by atoms with Gasteiger partial charge in [0.25, 0.3) is 0 Å². The quantitative estimate of drug-likeness (QED) is 0.901. The molecule has 2 rings (SSSR count). The zero-order valence-electron chi connectivity index (χ0n) is 11.3. The van der Waals surface area contributed by atoms with E-state index in [0.29, 0.717) is 12.6 Å². The second-order valence-electron chi connectivity index (χ2n) is 4.82. The van der Waals surface area contributed by atoms with Crippen molar-refractivity contribution in [3.05, 3.63) is 29.8 Å². The van der Waals surface area contributed by atoms with Crippen molar-refractivity contribution in [2.24, 2.45) is 0 Å². The van der Waals surface area contributed by atoms with E-state index in [1.54, 1.807) is 6.92 Å². The normalized spacial score (nSPS) is 19.7. The Kier molecular flexibility index (Phi) is 4.72. The van der Waals surface area contributed by atoms with Gasteiger partial charge in [0.1, 0.15) is 16.5 Å². The standard InChI is InChI=1S/C13H18F2N2O2S/c1-2-17(9-11-4-3-7-16-11)20(18,19)13-6-5-10(14)8-12(13)15/h5-6,8,11,16H,2-4,7,9H2,1H3. The summed E-state index contributed by atoms with van der Waals surface area (Å²) in [7, 11) is -3.93. The second-order valence-corrected chi connectivity index (χ2v) is 6.73. The smallest absolute Gasteiger partial charge is 0.246 e. The van der Waals surface area contributed by atoms with Crippen molar-refractivity contribution in [3.63, 3.8) is 0 Å². The number of rotatable bonds is 5. The molecule has 112 valence electrons. The van der Waals surface area contributed by atoms with Crippen LogP contribution in [0.5, 0.6) is 0 Å². The summed E-state index contributed by atoms with van der Waals surface area (Å²) in [6.07, 6.45) is 1.91. The van der Waals surface area contributed by atoms with E-state index < -0.39 is 26.6 Å². The molecule has 0 radical (unpaired) electrons. The van der Waals surface area contributed by atoms with Crippen LogP contribution in [-0.4, -0.2) is 38.4 Å². The predicted molar refractivity (Wildman–Crippen MR) is 71.8 cm³/mol. The summed E-state index contributed by atoms with van der Waals surface area (Å²) in [4.78, 5) is -0.473. The van der Waals surface area contributed by atoms with Crippen LogP contribution in [0.2, 0.25) is 0 Å². The molecule has 1 heterocycles. The Morgan fingerprint density at radius 1 is 1.40 bits per heavy atom. The van der Waals surface area contributed by atoms with Gasteiger partial charge in [0.15, 0.2) is 0 Å². The SMILES string of the molecule is CCN(CC1CCCN1)S(=O)(=O)c1ccc(F)cc1F. The Balaban J connectivity index is 2.26. The highest BCUT2D eigenvalue weighted by molar-refractivity contribution is 7.89. The highest BCUT2D eigenvalue weighted by Gasteiger charge is 2.29. The van der Waals surface area contributed by atoms with Gasteiger partial charge >= 0.3 is 0 Å². The minimum atomic E-state index is -3.93. The number of hydrogen-bond acceptors (Lipinski definition) is 3. The Hall–Kier alpha value is -1.05. The topological polar surface area (TPSA) is 49.4 Å². The number of nitrogens with zero attached hydrogens (tertiary/aromatic N) is 1. The minimum absolute atomic E-state index is 0.0910. The first kappa shape index (κ1) is 15.3. The van der Waals surface area contributed by atoms with Gasteiger partial charge in [-0.2, -0.15) is 4.31 Å². The Morgan fingerprint density at radius 2 is 2.15 bits per heavy atom. The third kappa shape index (κ3) is 3.16. The van der Waals surface area contributed by atoms with E-state index in [-0.39, 0.29) is 12.6 Å². The number of halogens is 2. The third-order valence-electron chi connectivity index (χ3n) is 3.45. The average Bonchev–Trinajstić information content (AvgIpc) is 2.88. The molecule has 1 fully saturated rings. The van der Waals surface area contributed by atoms with Crippen molar-refractivity contribution in [1.29, 1.82) is 0 Å². The minimum Gasteiger partial charge on any atom is -0.313 e. The molecule has 0 aliphatic carbocycles. The van der Waals surface area contributed by atoms with Crippen LogP contribution in [0.4, 0.5) is 8.78 Å². The molecule has 20 heavy (non-hydrogen) atoms. The molecule has 1 aromatic rings. The molecular formula is C13H18F2N2O2S. The van der Waals surface area contributed by atoms with Gasteiger partial charge in [-0.1, -0.05) is 6.92 Å². The van der Waals surface area contributed by atoms with Crippen molar-refractivity contribution in [2.75, 3.05) is 19.6 Å². The van der Waals surface area contributed by atoms with Crippen LogP contribution in [0.25, 0.3) is 0 Å². The fourth-order valence-electron chi connectivity index (χ4n) is 2.38. The van der Waals surface area contributed by atoms with E-state index in [2.05, 4.69) is 5.32 Å². The van der Waals surface area contributed by atoms with Gasteiger partial charge in [0.05, 0.1) is 0 Å². The molecule has 0 aromatic heterocycles. The maximum atomic E-state index is 13.7. The molecule has 0 saturated carbocycles. The van der Waals surface area contributed by atoms with Crippen molar-refractivity contribution < 1.29 is 17.2 Å². The van der Waals surface area contributed by atoms with Crippen LogP contribution in [0.1, 0.15) is 19.8 Å². The Bertz CT molecular complexity index is 572. The number of nitrogens with one attached hydrogen (secondary N) is 1. The van der Waals surface area contributed by atoms with Gasteiger partial charge in [0, 0.05) is 25.2 Å². The van der Waals surface area contributed by atoms with E-state index in [9.17, 15) is 17.2 Å². The van der Waals surface area contributed by atoms with Crippen LogP contribution in [0.3, 0.4) is 0 Å². The maximum Gasteiger partial charge on any atom is 0.246 e. The third-order valence-corrected chi connectivity index (χ3v) is 5.42. The van der Waals surface area contributed by atoms with Crippen LogP contribution in [0, 0.1) is 11.6 Å². The number of benzene rings is 1.